The highest BCUT2D eigenvalue weighted by Gasteiger charge is 2.45. The largest absolute Gasteiger partial charge is 0.492 e. The van der Waals surface area contributed by atoms with Crippen LogP contribution < -0.4 is 9.46 Å². The molecule has 1 aliphatic heterocycles. The lowest BCUT2D eigenvalue weighted by Crippen LogP contribution is -2.38. The minimum Gasteiger partial charge on any atom is -0.492 e. The smallest absolute Gasteiger partial charge is 0.471 e. The Bertz CT molecular complexity index is 1290. The Morgan fingerprint density at radius 2 is 1.94 bits per heavy atom. The summed E-state index contributed by atoms with van der Waals surface area (Å²) in [5.41, 5.74) is -0.495. The highest BCUT2D eigenvalue weighted by molar-refractivity contribution is 7.92. The van der Waals surface area contributed by atoms with Gasteiger partial charge in [0.1, 0.15) is 17.1 Å². The van der Waals surface area contributed by atoms with E-state index in [4.69, 9.17) is 4.74 Å². The average molecular weight is 502 g/mol. The zero-order valence-electron chi connectivity index (χ0n) is 17.5. The van der Waals surface area contributed by atoms with E-state index in [1.807, 2.05) is 0 Å². The molecule has 0 radical (unpaired) electrons. The first-order chi connectivity index (χ1) is 15.8. The number of carbonyl (C=O) groups is 2. The molecule has 1 aliphatic carbocycles. The van der Waals surface area contributed by atoms with Crippen LogP contribution in [0, 0.1) is 11.7 Å². The molecule has 1 fully saturated rings. The van der Waals surface area contributed by atoms with E-state index in [1.54, 1.807) is 6.07 Å². The first kappa shape index (κ1) is 23.8. The van der Waals surface area contributed by atoms with Crippen LogP contribution in [-0.4, -0.2) is 50.1 Å². The molecule has 182 valence electrons. The molecule has 2 aromatic rings. The molecule has 1 heterocycles. The van der Waals surface area contributed by atoms with Crippen molar-refractivity contribution >= 4 is 27.6 Å². The molecule has 34 heavy (non-hydrogen) atoms. The normalized spacial score (nSPS) is 18.9. The van der Waals surface area contributed by atoms with E-state index < -0.39 is 56.5 Å². The van der Waals surface area contributed by atoms with Crippen LogP contribution in [0.15, 0.2) is 35.2 Å². The van der Waals surface area contributed by atoms with E-state index >= 15 is 0 Å². The molecule has 0 aromatic heterocycles. The molecular weight excluding hydrogens is 484 g/mol. The number of carbonyl (C=O) groups excluding carboxylic acids is 1. The van der Waals surface area contributed by atoms with Crippen LogP contribution in [0.1, 0.15) is 33.8 Å². The molecule has 0 spiro atoms. The number of carboxylic acid groups (broad SMARTS) is 1. The van der Waals surface area contributed by atoms with E-state index in [-0.39, 0.29) is 28.2 Å². The first-order valence-electron chi connectivity index (χ1n) is 9.96. The number of hydrogen-bond donors (Lipinski definition) is 2. The van der Waals surface area contributed by atoms with Crippen LogP contribution >= 0.6 is 0 Å². The van der Waals surface area contributed by atoms with Gasteiger partial charge in [-0.2, -0.15) is 13.2 Å². The number of anilines is 1. The van der Waals surface area contributed by atoms with Crippen LogP contribution in [0.25, 0.3) is 0 Å². The van der Waals surface area contributed by atoms with Crippen LogP contribution in [0.5, 0.6) is 5.75 Å². The van der Waals surface area contributed by atoms with Gasteiger partial charge in [0, 0.05) is 19.5 Å². The second kappa shape index (κ2) is 8.15. The highest BCUT2D eigenvalue weighted by Crippen LogP contribution is 2.55. The fourth-order valence-corrected chi connectivity index (χ4v) is 5.31. The van der Waals surface area contributed by atoms with Gasteiger partial charge < -0.3 is 14.7 Å². The van der Waals surface area contributed by atoms with Crippen molar-refractivity contribution in [2.45, 2.75) is 30.0 Å². The second-order valence-corrected chi connectivity index (χ2v) is 9.79. The molecule has 2 atom stereocenters. The van der Waals surface area contributed by atoms with Gasteiger partial charge in [0.2, 0.25) is 0 Å². The second-order valence-electron chi connectivity index (χ2n) is 8.14. The summed E-state index contributed by atoms with van der Waals surface area (Å²) in [6.45, 7) is -0.565. The Kier molecular flexibility index (Phi) is 5.70. The van der Waals surface area contributed by atoms with E-state index in [0.717, 1.165) is 25.6 Å². The Morgan fingerprint density at radius 3 is 2.59 bits per heavy atom. The molecule has 2 aliphatic rings. The van der Waals surface area contributed by atoms with Crippen molar-refractivity contribution < 1.29 is 45.4 Å². The number of carboxylic acids is 1. The van der Waals surface area contributed by atoms with E-state index in [2.05, 4.69) is 4.72 Å². The topological polar surface area (TPSA) is 113 Å². The molecule has 0 saturated heterocycles. The molecular formula is C21H18F4N2O6S. The summed E-state index contributed by atoms with van der Waals surface area (Å²) in [5, 5.41) is 9.72. The lowest BCUT2D eigenvalue weighted by molar-refractivity contribution is -0.184. The number of aromatic carboxylic acids is 1. The van der Waals surface area contributed by atoms with E-state index in [9.17, 15) is 40.7 Å². The fourth-order valence-electron chi connectivity index (χ4n) is 4.02. The van der Waals surface area contributed by atoms with Crippen molar-refractivity contribution in [1.82, 2.24) is 4.90 Å². The maximum Gasteiger partial charge on any atom is 0.471 e. The number of nitrogens with zero attached hydrogens (tertiary/aromatic N) is 1. The molecule has 4 rings (SSSR count). The maximum absolute atomic E-state index is 13.8. The number of hydrogen-bond acceptors (Lipinski definition) is 5. The third-order valence-corrected chi connectivity index (χ3v) is 7.18. The van der Waals surface area contributed by atoms with Crippen LogP contribution in [0.4, 0.5) is 23.2 Å². The number of amides is 1. The third kappa shape index (κ3) is 4.39. The summed E-state index contributed by atoms with van der Waals surface area (Å²) in [4.78, 5) is 23.0. The number of rotatable bonds is 6. The van der Waals surface area contributed by atoms with Gasteiger partial charge in [0.05, 0.1) is 17.2 Å². The number of halogens is 4. The summed E-state index contributed by atoms with van der Waals surface area (Å²) >= 11 is 0. The zero-order valence-corrected chi connectivity index (χ0v) is 18.3. The van der Waals surface area contributed by atoms with Gasteiger partial charge in [-0.3, -0.25) is 9.52 Å². The van der Waals surface area contributed by atoms with Gasteiger partial charge in [0.15, 0.2) is 0 Å². The summed E-state index contributed by atoms with van der Waals surface area (Å²) in [5.74, 6) is -4.14. The van der Waals surface area contributed by atoms with Gasteiger partial charge in [-0.1, -0.05) is 6.07 Å². The molecule has 2 N–H and O–H groups in total. The summed E-state index contributed by atoms with van der Waals surface area (Å²) in [6, 6.07) is 5.13. The van der Waals surface area contributed by atoms with E-state index in [0.29, 0.717) is 18.2 Å². The molecule has 13 heteroatoms. The minimum atomic E-state index is -5.21. The predicted molar refractivity (Wildman–Crippen MR) is 109 cm³/mol. The van der Waals surface area contributed by atoms with Gasteiger partial charge >= 0.3 is 18.1 Å². The monoisotopic (exact) mass is 502 g/mol. The van der Waals surface area contributed by atoms with Gasteiger partial charge in [0.25, 0.3) is 10.0 Å². The van der Waals surface area contributed by atoms with Crippen molar-refractivity contribution in [2.24, 2.45) is 5.92 Å². The maximum atomic E-state index is 13.8. The Labute approximate surface area is 191 Å². The summed E-state index contributed by atoms with van der Waals surface area (Å²) < 4.78 is 85.9. The molecule has 2 aromatic carbocycles. The van der Waals surface area contributed by atoms with Crippen molar-refractivity contribution in [1.29, 1.82) is 0 Å². The lowest BCUT2D eigenvalue weighted by Gasteiger charge is -2.22. The summed E-state index contributed by atoms with van der Waals surface area (Å²) in [6.07, 6.45) is -4.38. The number of benzene rings is 2. The van der Waals surface area contributed by atoms with Gasteiger partial charge in [-0.15, -0.1) is 0 Å². The number of nitrogens with one attached hydrogen (secondary N) is 1. The minimum absolute atomic E-state index is 0.0567. The van der Waals surface area contributed by atoms with Crippen LogP contribution in [0.3, 0.4) is 0 Å². The third-order valence-electron chi connectivity index (χ3n) is 5.72. The van der Waals surface area contributed by atoms with Crippen molar-refractivity contribution in [3.8, 4) is 5.75 Å². The standard InChI is InChI=1S/C21H18F4N2O6S/c1-27(20(30)21(23,24)25)8-10-6-12(22)2-5-16(10)34(31,32)26-15-4-3-13-14-7-11(14)9-33-18(13)17(15)19(28)29/h2-6,11,14,26H,7-9H2,1H3,(H,28,29). The van der Waals surface area contributed by atoms with Gasteiger partial charge in [-0.05, 0) is 47.7 Å². The molecule has 2 unspecified atom stereocenters. The van der Waals surface area contributed by atoms with E-state index in [1.165, 1.54) is 6.07 Å². The quantitative estimate of drug-likeness (QED) is 0.586. The number of sulfonamides is 1. The predicted octanol–water partition coefficient (Wildman–Crippen LogP) is 3.34. The van der Waals surface area contributed by atoms with Crippen molar-refractivity contribution in [2.75, 3.05) is 18.4 Å². The molecule has 1 amide bonds. The molecule has 0 bridgehead atoms. The van der Waals surface area contributed by atoms with Crippen LogP contribution in [-0.2, 0) is 21.4 Å². The SMILES string of the molecule is CN(Cc1cc(F)ccc1S(=O)(=O)Nc1ccc2c(c1C(=O)O)OCC1CC21)C(=O)C(F)(F)F. The van der Waals surface area contributed by atoms with Crippen LogP contribution in [0.2, 0.25) is 0 Å². The average Bonchev–Trinajstić information content (AvgIpc) is 3.51. The zero-order chi connectivity index (χ0) is 25.0. The number of alkyl halides is 3. The Hall–Kier alpha value is -3.35. The lowest BCUT2D eigenvalue weighted by atomic mass is 10.0. The number of fused-ring (bicyclic) bond motifs is 3. The van der Waals surface area contributed by atoms with Crippen molar-refractivity contribution in [3.05, 3.63) is 52.8 Å². The summed E-state index contributed by atoms with van der Waals surface area (Å²) in [7, 11) is -3.82. The fraction of sp³-hybridized carbons (Fsp3) is 0.333. The molecule has 1 saturated carbocycles. The Morgan fingerprint density at radius 1 is 1.24 bits per heavy atom. The van der Waals surface area contributed by atoms with Gasteiger partial charge in [-0.25, -0.2) is 17.6 Å². The molecule has 8 nitrogen and oxygen atoms in total. The first-order valence-corrected chi connectivity index (χ1v) is 11.4. The van der Waals surface area contributed by atoms with Crippen molar-refractivity contribution in [3.63, 3.8) is 0 Å². The number of ether oxygens (including phenoxy) is 1. The highest BCUT2D eigenvalue weighted by atomic mass is 32.2. The Balaban J connectivity index is 1.70.